The second-order valence-corrected chi connectivity index (χ2v) is 8.63. The van der Waals surface area contributed by atoms with E-state index in [0.717, 1.165) is 24.1 Å². The lowest BCUT2D eigenvalue weighted by atomic mass is 10.1. The van der Waals surface area contributed by atoms with E-state index in [1.165, 1.54) is 36.8 Å². The number of piperazine rings is 1. The molecule has 1 N–H and O–H groups in total. The number of nitrogens with zero attached hydrogens (tertiary/aromatic N) is 3. The second-order valence-electron chi connectivity index (χ2n) is 6.70. The summed E-state index contributed by atoms with van der Waals surface area (Å²) in [5.74, 6) is -0.0768. The molecule has 0 radical (unpaired) electrons. The molecule has 0 bridgehead atoms. The summed E-state index contributed by atoms with van der Waals surface area (Å²) in [5, 5.41) is 0. The number of pyridine rings is 1. The minimum Gasteiger partial charge on any atom is -0.328 e. The molecular formula is C19H25N4O4S+. The Labute approximate surface area is 165 Å². The van der Waals surface area contributed by atoms with Gasteiger partial charge in [-0.05, 0) is 36.4 Å². The van der Waals surface area contributed by atoms with Gasteiger partial charge in [-0.15, -0.1) is 0 Å². The first-order chi connectivity index (χ1) is 13.4. The van der Waals surface area contributed by atoms with Crippen LogP contribution < -0.4 is 4.90 Å². The van der Waals surface area contributed by atoms with Crippen LogP contribution in [0.4, 0.5) is 0 Å². The first-order valence-corrected chi connectivity index (χ1v) is 10.5. The van der Waals surface area contributed by atoms with E-state index >= 15 is 0 Å². The average Bonchev–Trinajstić information content (AvgIpc) is 2.74. The standard InChI is InChI=1S/C19H24N4O4S/c1-21(27-2)28(25,26)18-5-3-17(4-6-18)19(24)23-13-11-22(12-14-23)15-16-7-9-20-10-8-16/h3-10H,11-15H2,1-2H3/p+1. The van der Waals surface area contributed by atoms with Crippen molar-refractivity contribution in [3.63, 3.8) is 0 Å². The Morgan fingerprint density at radius 1 is 1.14 bits per heavy atom. The van der Waals surface area contributed by atoms with Gasteiger partial charge in [-0.1, -0.05) is 4.47 Å². The highest BCUT2D eigenvalue weighted by Gasteiger charge is 2.26. The van der Waals surface area contributed by atoms with Crippen LogP contribution in [0.5, 0.6) is 0 Å². The number of carbonyl (C=O) groups is 1. The van der Waals surface area contributed by atoms with E-state index in [1.807, 2.05) is 17.0 Å². The van der Waals surface area contributed by atoms with Gasteiger partial charge in [0.05, 0.1) is 38.2 Å². The van der Waals surface area contributed by atoms with Gasteiger partial charge < -0.3 is 9.80 Å². The maximum atomic E-state index is 12.7. The fourth-order valence-electron chi connectivity index (χ4n) is 3.19. The Kier molecular flexibility index (Phi) is 6.40. The van der Waals surface area contributed by atoms with Crippen molar-refractivity contribution < 1.29 is 22.9 Å². The zero-order valence-electron chi connectivity index (χ0n) is 16.0. The first kappa shape index (κ1) is 20.4. The van der Waals surface area contributed by atoms with Crippen molar-refractivity contribution in [2.45, 2.75) is 11.4 Å². The largest absolute Gasteiger partial charge is 0.328 e. The van der Waals surface area contributed by atoms with Crippen LogP contribution in [0.3, 0.4) is 0 Å². The van der Waals surface area contributed by atoms with Crippen LogP contribution in [-0.4, -0.2) is 69.0 Å². The van der Waals surface area contributed by atoms with Crippen molar-refractivity contribution in [1.29, 1.82) is 0 Å². The summed E-state index contributed by atoms with van der Waals surface area (Å²) < 4.78 is 25.2. The topological polar surface area (TPSA) is 84.2 Å². The van der Waals surface area contributed by atoms with E-state index in [0.29, 0.717) is 18.7 Å². The molecule has 9 heteroatoms. The number of sulfonamides is 1. The van der Waals surface area contributed by atoms with Gasteiger partial charge in [-0.3, -0.25) is 14.6 Å². The number of benzene rings is 1. The fraction of sp³-hybridized carbons (Fsp3) is 0.368. The van der Waals surface area contributed by atoms with E-state index in [2.05, 4.69) is 4.98 Å². The Balaban J connectivity index is 1.59. The lowest BCUT2D eigenvalue weighted by molar-refractivity contribution is -0.917. The number of carbonyl (C=O) groups excluding carboxylic acids is 1. The van der Waals surface area contributed by atoms with E-state index in [9.17, 15) is 13.2 Å². The monoisotopic (exact) mass is 405 g/mol. The van der Waals surface area contributed by atoms with Crippen molar-refractivity contribution >= 4 is 15.9 Å². The highest BCUT2D eigenvalue weighted by atomic mass is 32.2. The third-order valence-corrected chi connectivity index (χ3v) is 6.65. The molecule has 1 saturated heterocycles. The smallest absolute Gasteiger partial charge is 0.264 e. The molecular weight excluding hydrogens is 380 g/mol. The Morgan fingerprint density at radius 3 is 2.32 bits per heavy atom. The SMILES string of the molecule is CON(C)S(=O)(=O)c1ccc(C(=O)N2CC[NH+](Cc3ccncc3)CC2)cc1. The van der Waals surface area contributed by atoms with Gasteiger partial charge in [0.2, 0.25) is 0 Å². The molecule has 0 atom stereocenters. The number of nitrogens with one attached hydrogen (secondary N) is 1. The molecule has 1 aliphatic heterocycles. The molecule has 150 valence electrons. The molecule has 0 unspecified atom stereocenters. The number of hydroxylamine groups is 1. The van der Waals surface area contributed by atoms with Gasteiger partial charge in [0.1, 0.15) is 6.54 Å². The summed E-state index contributed by atoms with van der Waals surface area (Å²) in [4.78, 5) is 24.9. The minimum absolute atomic E-state index is 0.0768. The highest BCUT2D eigenvalue weighted by molar-refractivity contribution is 7.89. The third-order valence-electron chi connectivity index (χ3n) is 4.96. The van der Waals surface area contributed by atoms with Gasteiger partial charge in [0, 0.05) is 30.6 Å². The quantitative estimate of drug-likeness (QED) is 0.673. The van der Waals surface area contributed by atoms with Gasteiger partial charge in [-0.25, -0.2) is 8.42 Å². The summed E-state index contributed by atoms with van der Waals surface area (Å²) in [6.45, 7) is 4.01. The molecule has 2 aromatic rings. The van der Waals surface area contributed by atoms with Crippen LogP contribution in [0.2, 0.25) is 0 Å². The van der Waals surface area contributed by atoms with Gasteiger partial charge in [0.15, 0.2) is 0 Å². The summed E-state index contributed by atoms with van der Waals surface area (Å²) in [7, 11) is -1.11. The molecule has 0 aliphatic carbocycles. The van der Waals surface area contributed by atoms with Crippen LogP contribution in [0, 0.1) is 0 Å². The van der Waals surface area contributed by atoms with Crippen LogP contribution in [0.25, 0.3) is 0 Å². The third kappa shape index (κ3) is 4.56. The molecule has 28 heavy (non-hydrogen) atoms. The summed E-state index contributed by atoms with van der Waals surface area (Å²) in [6.07, 6.45) is 3.59. The predicted octanol–water partition coefficient (Wildman–Crippen LogP) is -0.196. The Hall–Kier alpha value is -2.33. The van der Waals surface area contributed by atoms with Gasteiger partial charge in [0.25, 0.3) is 15.9 Å². The van der Waals surface area contributed by atoms with Crippen molar-refractivity contribution in [1.82, 2.24) is 14.4 Å². The molecule has 0 spiro atoms. The molecule has 1 aromatic heterocycles. The van der Waals surface area contributed by atoms with Crippen molar-refractivity contribution in [2.24, 2.45) is 0 Å². The lowest BCUT2D eigenvalue weighted by Gasteiger charge is -2.32. The number of hydrogen-bond donors (Lipinski definition) is 1. The molecule has 1 aliphatic rings. The van der Waals surface area contributed by atoms with Crippen molar-refractivity contribution in [3.05, 3.63) is 59.9 Å². The Morgan fingerprint density at radius 2 is 1.75 bits per heavy atom. The molecule has 1 aromatic carbocycles. The minimum atomic E-state index is -3.71. The van der Waals surface area contributed by atoms with Crippen molar-refractivity contribution in [2.75, 3.05) is 40.3 Å². The Bertz CT molecular complexity index is 895. The molecule has 2 heterocycles. The van der Waals surface area contributed by atoms with Gasteiger partial charge in [-0.2, -0.15) is 0 Å². The van der Waals surface area contributed by atoms with Crippen LogP contribution in [0.1, 0.15) is 15.9 Å². The van der Waals surface area contributed by atoms with Crippen LogP contribution in [-0.2, 0) is 21.4 Å². The maximum Gasteiger partial charge on any atom is 0.264 e. The molecule has 0 saturated carbocycles. The van der Waals surface area contributed by atoms with E-state index in [4.69, 9.17) is 4.84 Å². The number of aromatic nitrogens is 1. The molecule has 1 amide bonds. The molecule has 1 fully saturated rings. The van der Waals surface area contributed by atoms with Crippen LogP contribution in [0.15, 0.2) is 53.7 Å². The van der Waals surface area contributed by atoms with Crippen molar-refractivity contribution in [3.8, 4) is 0 Å². The second kappa shape index (κ2) is 8.78. The number of quaternary nitrogens is 1. The average molecular weight is 406 g/mol. The number of rotatable bonds is 6. The zero-order valence-corrected chi connectivity index (χ0v) is 16.9. The molecule has 3 rings (SSSR count). The summed E-state index contributed by atoms with van der Waals surface area (Å²) in [5.41, 5.74) is 1.72. The number of hydrogen-bond acceptors (Lipinski definition) is 5. The van der Waals surface area contributed by atoms with E-state index in [1.54, 1.807) is 24.5 Å². The fourth-order valence-corrected chi connectivity index (χ4v) is 4.16. The maximum absolute atomic E-state index is 12.7. The normalized spacial score (nSPS) is 15.8. The highest BCUT2D eigenvalue weighted by Crippen LogP contribution is 2.16. The first-order valence-electron chi connectivity index (χ1n) is 9.06. The summed E-state index contributed by atoms with van der Waals surface area (Å²) in [6, 6.07) is 10.00. The predicted molar refractivity (Wildman–Crippen MR) is 103 cm³/mol. The number of amides is 1. The van der Waals surface area contributed by atoms with Gasteiger partial charge >= 0.3 is 0 Å². The van der Waals surface area contributed by atoms with E-state index < -0.39 is 10.0 Å². The van der Waals surface area contributed by atoms with E-state index in [-0.39, 0.29) is 10.8 Å². The lowest BCUT2D eigenvalue weighted by Crippen LogP contribution is -3.13. The van der Waals surface area contributed by atoms with Crippen LogP contribution >= 0.6 is 0 Å². The zero-order chi connectivity index (χ0) is 20.1. The molecule has 8 nitrogen and oxygen atoms in total. The summed E-state index contributed by atoms with van der Waals surface area (Å²) >= 11 is 0.